The van der Waals surface area contributed by atoms with E-state index in [2.05, 4.69) is 25.2 Å². The number of halogens is 3. The molecule has 1 amide bonds. The molecule has 1 saturated heterocycles. The van der Waals surface area contributed by atoms with E-state index in [1.807, 2.05) is 6.92 Å². The summed E-state index contributed by atoms with van der Waals surface area (Å²) in [4.78, 5) is 26.3. The molecule has 1 N–H and O–H groups in total. The highest BCUT2D eigenvalue weighted by atomic mass is 32.2. The van der Waals surface area contributed by atoms with Crippen LogP contribution in [0.25, 0.3) is 0 Å². The van der Waals surface area contributed by atoms with Crippen LogP contribution >= 0.6 is 0 Å². The molecule has 0 radical (unpaired) electrons. The summed E-state index contributed by atoms with van der Waals surface area (Å²) < 4.78 is 68.4. The normalized spacial score (nSPS) is 19.7. The lowest BCUT2D eigenvalue weighted by molar-refractivity contribution is -0.141. The first-order valence-electron chi connectivity index (χ1n) is 10.8. The van der Waals surface area contributed by atoms with Gasteiger partial charge in [0.05, 0.1) is 12.9 Å². The number of amides is 1. The molecule has 186 valence electrons. The smallest absolute Gasteiger partial charge is 0.356 e. The molecule has 0 aromatic carbocycles. The Balaban J connectivity index is 1.52. The lowest BCUT2D eigenvalue weighted by Crippen LogP contribution is -2.36. The summed E-state index contributed by atoms with van der Waals surface area (Å²) in [6, 6.07) is 0. The van der Waals surface area contributed by atoms with Crippen LogP contribution in [0.4, 0.5) is 24.8 Å². The fourth-order valence-electron chi connectivity index (χ4n) is 4.46. The maximum Gasteiger partial charge on any atom is 0.434 e. The van der Waals surface area contributed by atoms with Crippen molar-refractivity contribution in [3.05, 3.63) is 29.6 Å². The van der Waals surface area contributed by atoms with Gasteiger partial charge in [-0.15, -0.1) is 0 Å². The predicted octanol–water partition coefficient (Wildman–Crippen LogP) is 2.50. The molecule has 2 aromatic rings. The number of fused-ring (bicyclic) bond motifs is 1. The zero-order chi connectivity index (χ0) is 24.7. The highest BCUT2D eigenvalue weighted by molar-refractivity contribution is 7.85. The number of rotatable bonds is 6. The van der Waals surface area contributed by atoms with Gasteiger partial charge in [-0.05, 0) is 18.8 Å². The Hall–Kier alpha value is -2.74. The number of nitrogens with zero attached hydrogens (tertiary/aromatic N) is 5. The summed E-state index contributed by atoms with van der Waals surface area (Å²) in [7, 11) is -3.71. The summed E-state index contributed by atoms with van der Waals surface area (Å²) in [6.07, 6.45) is -0.0461. The van der Waals surface area contributed by atoms with E-state index < -0.39 is 22.0 Å². The topological polar surface area (TPSA) is 119 Å². The fraction of sp³-hybridized carbons (Fsp3) is 0.600. The van der Waals surface area contributed by atoms with Crippen molar-refractivity contribution in [3.8, 4) is 0 Å². The Kier molecular flexibility index (Phi) is 6.55. The van der Waals surface area contributed by atoms with Gasteiger partial charge in [0.15, 0.2) is 5.69 Å². The average molecular weight is 503 g/mol. The lowest BCUT2D eigenvalue weighted by atomic mass is 9.92. The quantitative estimate of drug-likeness (QED) is 0.599. The van der Waals surface area contributed by atoms with E-state index in [1.54, 1.807) is 0 Å². The average Bonchev–Trinajstić information content (AvgIpc) is 3.17. The Morgan fingerprint density at radius 3 is 2.59 bits per heavy atom. The molecule has 1 fully saturated rings. The van der Waals surface area contributed by atoms with E-state index in [0.717, 1.165) is 23.8 Å². The standard InChI is InChI=1S/C20H25F3N6O4S/c1-12-9-15(30)27-17-16(12)19(25-11-24-17)28-5-3-13(4-6-28)18-26-14(20(21,22)23)10-29(18)7-8-33-34(2,31)32/h10-13H,3-9H2,1-2H3,(H,24,25,27,30). The minimum absolute atomic E-state index is 0.0549. The molecule has 1 atom stereocenters. The van der Waals surface area contributed by atoms with Gasteiger partial charge in [-0.25, -0.2) is 15.0 Å². The van der Waals surface area contributed by atoms with Gasteiger partial charge in [0.1, 0.15) is 23.8 Å². The number of anilines is 2. The molecule has 14 heteroatoms. The molecular formula is C20H25F3N6O4S. The minimum Gasteiger partial charge on any atom is -0.356 e. The van der Waals surface area contributed by atoms with Crippen molar-refractivity contribution in [2.75, 3.05) is 36.2 Å². The highest BCUT2D eigenvalue weighted by Crippen LogP contribution is 2.39. The number of hydrogen-bond acceptors (Lipinski definition) is 8. The van der Waals surface area contributed by atoms with E-state index in [1.165, 1.54) is 10.9 Å². The molecular weight excluding hydrogens is 477 g/mol. The maximum absolute atomic E-state index is 13.3. The summed E-state index contributed by atoms with van der Waals surface area (Å²) in [5.74, 6) is 1.06. The first-order valence-corrected chi connectivity index (χ1v) is 12.6. The number of imidazole rings is 1. The van der Waals surface area contributed by atoms with Crippen LogP contribution in [0.15, 0.2) is 12.5 Å². The Morgan fingerprint density at radius 1 is 1.24 bits per heavy atom. The SMILES string of the molecule is CC1CC(=O)Nc2ncnc(N3CCC(c4nc(C(F)(F)F)cn4CCOS(C)(=O)=O)CC3)c21. The fourth-order valence-corrected chi connectivity index (χ4v) is 4.84. The molecule has 4 heterocycles. The summed E-state index contributed by atoms with van der Waals surface area (Å²) in [5.41, 5.74) is -0.155. The van der Waals surface area contributed by atoms with Gasteiger partial charge in [0, 0.05) is 43.7 Å². The van der Waals surface area contributed by atoms with Crippen molar-refractivity contribution in [2.24, 2.45) is 0 Å². The molecule has 2 aliphatic rings. The Labute approximate surface area is 194 Å². The van der Waals surface area contributed by atoms with Crippen LogP contribution in [0.5, 0.6) is 0 Å². The van der Waals surface area contributed by atoms with Crippen molar-refractivity contribution in [1.29, 1.82) is 0 Å². The molecule has 2 aliphatic heterocycles. The monoisotopic (exact) mass is 502 g/mol. The zero-order valence-electron chi connectivity index (χ0n) is 18.7. The molecule has 1 unspecified atom stereocenters. The second-order valence-corrected chi connectivity index (χ2v) is 10.2. The molecule has 0 bridgehead atoms. The number of carbonyl (C=O) groups excluding carboxylic acids is 1. The van der Waals surface area contributed by atoms with E-state index in [0.29, 0.717) is 38.2 Å². The van der Waals surface area contributed by atoms with Crippen LogP contribution in [-0.4, -0.2) is 59.8 Å². The largest absolute Gasteiger partial charge is 0.434 e. The van der Waals surface area contributed by atoms with Crippen LogP contribution in [0.2, 0.25) is 0 Å². The highest BCUT2D eigenvalue weighted by Gasteiger charge is 2.37. The first kappa shape index (κ1) is 24.4. The van der Waals surface area contributed by atoms with Gasteiger partial charge in [-0.2, -0.15) is 21.6 Å². The molecule has 0 aliphatic carbocycles. The third-order valence-corrected chi connectivity index (χ3v) is 6.59. The van der Waals surface area contributed by atoms with Crippen molar-refractivity contribution in [2.45, 2.75) is 50.7 Å². The van der Waals surface area contributed by atoms with Crippen LogP contribution in [0.3, 0.4) is 0 Å². The van der Waals surface area contributed by atoms with Crippen LogP contribution < -0.4 is 10.2 Å². The molecule has 34 heavy (non-hydrogen) atoms. The van der Waals surface area contributed by atoms with Crippen molar-refractivity contribution in [3.63, 3.8) is 0 Å². The number of aromatic nitrogens is 4. The van der Waals surface area contributed by atoms with Gasteiger partial charge >= 0.3 is 6.18 Å². The molecule has 2 aromatic heterocycles. The molecule has 0 spiro atoms. The van der Waals surface area contributed by atoms with E-state index >= 15 is 0 Å². The molecule has 0 saturated carbocycles. The van der Waals surface area contributed by atoms with Crippen molar-refractivity contribution >= 4 is 27.7 Å². The number of piperidine rings is 1. The minimum atomic E-state index is -4.61. The first-order chi connectivity index (χ1) is 15.9. The number of carbonyl (C=O) groups is 1. The van der Waals surface area contributed by atoms with Gasteiger partial charge in [0.25, 0.3) is 10.1 Å². The van der Waals surface area contributed by atoms with Crippen molar-refractivity contribution < 1.29 is 30.6 Å². The second kappa shape index (κ2) is 9.13. The second-order valence-electron chi connectivity index (χ2n) is 8.58. The van der Waals surface area contributed by atoms with Gasteiger partial charge in [0.2, 0.25) is 5.91 Å². The van der Waals surface area contributed by atoms with E-state index in [4.69, 9.17) is 4.18 Å². The summed E-state index contributed by atoms with van der Waals surface area (Å²) >= 11 is 0. The lowest BCUT2D eigenvalue weighted by Gasteiger charge is -2.35. The maximum atomic E-state index is 13.3. The van der Waals surface area contributed by atoms with Gasteiger partial charge < -0.3 is 14.8 Å². The molecule has 4 rings (SSSR count). The number of hydrogen-bond donors (Lipinski definition) is 1. The zero-order valence-corrected chi connectivity index (χ0v) is 19.5. The van der Waals surface area contributed by atoms with E-state index in [9.17, 15) is 26.4 Å². The van der Waals surface area contributed by atoms with Gasteiger partial charge in [-0.1, -0.05) is 6.92 Å². The number of alkyl halides is 3. The Bertz CT molecular complexity index is 1180. The predicted molar refractivity (Wildman–Crippen MR) is 116 cm³/mol. The molecule has 10 nitrogen and oxygen atoms in total. The summed E-state index contributed by atoms with van der Waals surface area (Å²) in [6.45, 7) is 2.65. The van der Waals surface area contributed by atoms with Crippen LogP contribution in [0.1, 0.15) is 55.1 Å². The van der Waals surface area contributed by atoms with E-state index in [-0.39, 0.29) is 36.7 Å². The van der Waals surface area contributed by atoms with Crippen molar-refractivity contribution in [1.82, 2.24) is 19.5 Å². The van der Waals surface area contributed by atoms with Crippen LogP contribution in [0, 0.1) is 0 Å². The third-order valence-electron chi connectivity index (χ3n) is 5.99. The van der Waals surface area contributed by atoms with Crippen LogP contribution in [-0.2, 0) is 31.8 Å². The number of nitrogens with one attached hydrogen (secondary N) is 1. The van der Waals surface area contributed by atoms with Gasteiger partial charge in [-0.3, -0.25) is 8.98 Å². The summed E-state index contributed by atoms with van der Waals surface area (Å²) in [5, 5.41) is 2.77. The third kappa shape index (κ3) is 5.32. The Morgan fingerprint density at radius 2 is 1.94 bits per heavy atom.